The number of anilines is 1. The van der Waals surface area contributed by atoms with Gasteiger partial charge in [0.25, 0.3) is 5.91 Å². The minimum atomic E-state index is -0.777. The summed E-state index contributed by atoms with van der Waals surface area (Å²) in [7, 11) is 0. The second-order valence-corrected chi connectivity index (χ2v) is 4.20. The summed E-state index contributed by atoms with van der Waals surface area (Å²) in [6, 6.07) is 14.0. The van der Waals surface area contributed by atoms with Gasteiger partial charge < -0.3 is 10.4 Å². The first-order valence-electron chi connectivity index (χ1n) is 6.07. The van der Waals surface area contributed by atoms with Gasteiger partial charge in [-0.1, -0.05) is 30.3 Å². The normalized spacial score (nSPS) is 10.8. The molecule has 2 rings (SSSR count). The van der Waals surface area contributed by atoms with Gasteiger partial charge in [-0.2, -0.15) is 5.26 Å². The van der Waals surface area contributed by atoms with Gasteiger partial charge in [0.15, 0.2) is 0 Å². The Kier molecular flexibility index (Phi) is 4.32. The Morgan fingerprint density at radius 2 is 1.95 bits per heavy atom. The van der Waals surface area contributed by atoms with Crippen molar-refractivity contribution in [1.82, 2.24) is 0 Å². The van der Waals surface area contributed by atoms with E-state index in [1.165, 1.54) is 18.2 Å². The summed E-state index contributed by atoms with van der Waals surface area (Å²) in [5.41, 5.74) is 0.441. The molecular formula is C16H11FN2O2. The van der Waals surface area contributed by atoms with E-state index in [2.05, 4.69) is 5.32 Å². The maximum absolute atomic E-state index is 13.5. The molecule has 21 heavy (non-hydrogen) atoms. The minimum absolute atomic E-state index is 0.105. The molecule has 1 amide bonds. The van der Waals surface area contributed by atoms with Crippen molar-refractivity contribution in [3.63, 3.8) is 0 Å². The molecule has 0 aliphatic heterocycles. The number of rotatable bonds is 3. The van der Waals surface area contributed by atoms with Gasteiger partial charge in [-0.25, -0.2) is 4.39 Å². The first-order valence-corrected chi connectivity index (χ1v) is 6.07. The number of nitriles is 1. The summed E-state index contributed by atoms with van der Waals surface area (Å²) >= 11 is 0. The highest BCUT2D eigenvalue weighted by Crippen LogP contribution is 2.20. The smallest absolute Gasteiger partial charge is 0.266 e. The van der Waals surface area contributed by atoms with Crippen LogP contribution in [0, 0.1) is 17.1 Å². The molecule has 0 spiro atoms. The van der Waals surface area contributed by atoms with Crippen molar-refractivity contribution in [3.05, 3.63) is 65.5 Å². The number of benzene rings is 2. The van der Waals surface area contributed by atoms with Crippen LogP contribution in [0.15, 0.2) is 54.1 Å². The number of phenolic OH excluding ortho intramolecular Hbond substituents is 1. The molecule has 0 heterocycles. The molecule has 0 saturated heterocycles. The molecule has 4 nitrogen and oxygen atoms in total. The number of carbonyl (C=O) groups excluding carboxylic acids is 1. The van der Waals surface area contributed by atoms with Crippen molar-refractivity contribution in [3.8, 4) is 11.8 Å². The van der Waals surface area contributed by atoms with Gasteiger partial charge in [-0.05, 0) is 23.8 Å². The highest BCUT2D eigenvalue weighted by atomic mass is 19.1. The average Bonchev–Trinajstić information content (AvgIpc) is 2.48. The molecule has 0 aliphatic carbocycles. The Labute approximate surface area is 120 Å². The Balaban J connectivity index is 2.22. The van der Waals surface area contributed by atoms with Gasteiger partial charge >= 0.3 is 0 Å². The van der Waals surface area contributed by atoms with Crippen LogP contribution in [0.1, 0.15) is 5.56 Å². The number of aromatic hydroxyl groups is 1. The topological polar surface area (TPSA) is 73.1 Å². The fraction of sp³-hybridized carbons (Fsp3) is 0. The number of amides is 1. The molecule has 0 saturated carbocycles. The van der Waals surface area contributed by atoms with E-state index in [9.17, 15) is 9.18 Å². The quantitative estimate of drug-likeness (QED) is 0.516. The number of carbonyl (C=O) groups is 1. The minimum Gasteiger partial charge on any atom is -0.508 e. The van der Waals surface area contributed by atoms with Crippen LogP contribution in [0.4, 0.5) is 10.1 Å². The molecule has 0 fully saturated rings. The van der Waals surface area contributed by atoms with E-state index in [1.807, 2.05) is 6.07 Å². The van der Waals surface area contributed by atoms with E-state index in [-0.39, 0.29) is 17.0 Å². The number of nitrogens with zero attached hydrogens (tertiary/aromatic N) is 1. The van der Waals surface area contributed by atoms with Gasteiger partial charge in [0.2, 0.25) is 0 Å². The van der Waals surface area contributed by atoms with Crippen LogP contribution in [0.3, 0.4) is 0 Å². The Hall–Kier alpha value is -3.13. The molecular weight excluding hydrogens is 271 g/mol. The third-order valence-corrected chi connectivity index (χ3v) is 2.68. The fourth-order valence-corrected chi connectivity index (χ4v) is 1.66. The predicted octanol–water partition coefficient (Wildman–Crippen LogP) is 3.08. The van der Waals surface area contributed by atoms with Crippen LogP contribution in [-0.2, 0) is 4.79 Å². The first kappa shape index (κ1) is 14.3. The summed E-state index contributed by atoms with van der Waals surface area (Å²) < 4.78 is 13.5. The molecule has 0 aromatic heterocycles. The van der Waals surface area contributed by atoms with Gasteiger partial charge in [-0.3, -0.25) is 4.79 Å². The third kappa shape index (κ3) is 3.67. The van der Waals surface area contributed by atoms with E-state index >= 15 is 0 Å². The zero-order chi connectivity index (χ0) is 15.2. The first-order chi connectivity index (χ1) is 10.1. The zero-order valence-electron chi connectivity index (χ0n) is 10.9. The van der Waals surface area contributed by atoms with Crippen molar-refractivity contribution in [2.75, 3.05) is 5.32 Å². The van der Waals surface area contributed by atoms with E-state index in [0.717, 1.165) is 6.07 Å². The molecule has 104 valence electrons. The lowest BCUT2D eigenvalue weighted by Crippen LogP contribution is -2.14. The molecule has 0 atom stereocenters. The molecule has 2 aromatic rings. The second-order valence-electron chi connectivity index (χ2n) is 4.20. The lowest BCUT2D eigenvalue weighted by molar-refractivity contribution is -0.112. The van der Waals surface area contributed by atoms with Crippen LogP contribution < -0.4 is 5.32 Å². The Morgan fingerprint density at radius 1 is 1.24 bits per heavy atom. The highest BCUT2D eigenvalue weighted by molar-refractivity contribution is 6.09. The van der Waals surface area contributed by atoms with Crippen molar-refractivity contribution in [1.29, 1.82) is 5.26 Å². The molecule has 2 N–H and O–H groups in total. The maximum Gasteiger partial charge on any atom is 0.266 e. The number of halogens is 1. The van der Waals surface area contributed by atoms with Crippen LogP contribution >= 0.6 is 0 Å². The molecule has 2 aromatic carbocycles. The van der Waals surface area contributed by atoms with Gasteiger partial charge in [0, 0.05) is 6.07 Å². The Morgan fingerprint density at radius 3 is 2.57 bits per heavy atom. The average molecular weight is 282 g/mol. The molecule has 0 unspecified atom stereocenters. The Bertz CT molecular complexity index is 734. The van der Waals surface area contributed by atoms with E-state index in [1.54, 1.807) is 30.3 Å². The second kappa shape index (κ2) is 6.35. The van der Waals surface area contributed by atoms with Crippen LogP contribution in [0.2, 0.25) is 0 Å². The molecule has 0 aliphatic rings. The van der Waals surface area contributed by atoms with Crippen LogP contribution in [0.5, 0.6) is 5.75 Å². The maximum atomic E-state index is 13.5. The number of hydrogen-bond donors (Lipinski definition) is 2. The number of nitrogens with one attached hydrogen (secondary N) is 1. The monoisotopic (exact) mass is 282 g/mol. The predicted molar refractivity (Wildman–Crippen MR) is 76.7 cm³/mol. The van der Waals surface area contributed by atoms with Gasteiger partial charge in [0.1, 0.15) is 23.2 Å². The molecule has 0 bridgehead atoms. The lowest BCUT2D eigenvalue weighted by Gasteiger charge is -2.06. The summed E-state index contributed by atoms with van der Waals surface area (Å²) in [6.07, 6.45) is 1.41. The van der Waals surface area contributed by atoms with Crippen molar-refractivity contribution >= 4 is 17.7 Å². The van der Waals surface area contributed by atoms with Crippen molar-refractivity contribution < 1.29 is 14.3 Å². The standard InChI is InChI=1S/C16H11FN2O2/c17-14-9-13(20)6-7-15(14)19-16(21)12(10-18)8-11-4-2-1-3-5-11/h1-9,20H,(H,19,21). The van der Waals surface area contributed by atoms with E-state index < -0.39 is 11.7 Å². The highest BCUT2D eigenvalue weighted by Gasteiger charge is 2.12. The van der Waals surface area contributed by atoms with Crippen molar-refractivity contribution in [2.24, 2.45) is 0 Å². The number of hydrogen-bond acceptors (Lipinski definition) is 3. The van der Waals surface area contributed by atoms with E-state index in [0.29, 0.717) is 5.56 Å². The third-order valence-electron chi connectivity index (χ3n) is 2.68. The van der Waals surface area contributed by atoms with E-state index in [4.69, 9.17) is 10.4 Å². The molecule has 5 heteroatoms. The van der Waals surface area contributed by atoms with Crippen LogP contribution in [-0.4, -0.2) is 11.0 Å². The largest absolute Gasteiger partial charge is 0.508 e. The van der Waals surface area contributed by atoms with Crippen molar-refractivity contribution in [2.45, 2.75) is 0 Å². The fourth-order valence-electron chi connectivity index (χ4n) is 1.66. The summed E-state index contributed by atoms with van der Waals surface area (Å²) in [6.45, 7) is 0. The van der Waals surface area contributed by atoms with Crippen LogP contribution in [0.25, 0.3) is 6.08 Å². The summed E-state index contributed by atoms with van der Waals surface area (Å²) in [5.74, 6) is -1.74. The van der Waals surface area contributed by atoms with Gasteiger partial charge in [0.05, 0.1) is 5.69 Å². The van der Waals surface area contributed by atoms with Gasteiger partial charge in [-0.15, -0.1) is 0 Å². The molecule has 0 radical (unpaired) electrons. The SMILES string of the molecule is N#CC(=Cc1ccccc1)C(=O)Nc1ccc(O)cc1F. The number of phenols is 1. The zero-order valence-corrected chi connectivity index (χ0v) is 10.9. The lowest BCUT2D eigenvalue weighted by atomic mass is 10.1. The summed E-state index contributed by atoms with van der Waals surface area (Å²) in [4.78, 5) is 12.0. The summed E-state index contributed by atoms with van der Waals surface area (Å²) in [5, 5.41) is 20.4.